The van der Waals surface area contributed by atoms with E-state index in [4.69, 9.17) is 4.98 Å². The number of carbonyl (C=O) groups is 1. The molecule has 9 heteroatoms. The summed E-state index contributed by atoms with van der Waals surface area (Å²) >= 11 is 3.09. The Bertz CT molecular complexity index is 1190. The molecule has 0 aliphatic carbocycles. The van der Waals surface area contributed by atoms with Crippen LogP contribution in [0.15, 0.2) is 52.3 Å². The van der Waals surface area contributed by atoms with E-state index in [2.05, 4.69) is 0 Å². The van der Waals surface area contributed by atoms with Crippen LogP contribution in [-0.2, 0) is 9.84 Å². The van der Waals surface area contributed by atoms with Gasteiger partial charge in [0.05, 0.1) is 20.4 Å². The molecule has 0 aliphatic rings. The second-order valence-electron chi connectivity index (χ2n) is 7.69. The maximum absolute atomic E-state index is 13.5. The van der Waals surface area contributed by atoms with Gasteiger partial charge in [0.25, 0.3) is 5.91 Å². The summed E-state index contributed by atoms with van der Waals surface area (Å²) in [7, 11) is 0.421. The number of aromatic nitrogens is 1. The van der Waals surface area contributed by atoms with Crippen molar-refractivity contribution in [3.63, 3.8) is 0 Å². The minimum absolute atomic E-state index is 0.162. The second-order valence-corrected chi connectivity index (χ2v) is 12.0. The molecule has 0 radical (unpaired) electrons. The predicted octanol–water partition coefficient (Wildman–Crippen LogP) is 4.41. The lowest BCUT2D eigenvalue weighted by molar-refractivity contribution is 0.0985. The molecule has 0 spiro atoms. The highest BCUT2D eigenvalue weighted by Gasteiger charge is 2.25. The maximum atomic E-state index is 13.5. The first-order valence-electron chi connectivity index (χ1n) is 9.89. The van der Waals surface area contributed by atoms with Crippen LogP contribution < -0.4 is 4.90 Å². The fourth-order valence-electron chi connectivity index (χ4n) is 3.01. The number of carbonyl (C=O) groups excluding carboxylic acids is 1. The Morgan fingerprint density at radius 2 is 1.84 bits per heavy atom. The molecule has 6 nitrogen and oxygen atoms in total. The van der Waals surface area contributed by atoms with Gasteiger partial charge in [-0.3, -0.25) is 9.69 Å². The zero-order valence-electron chi connectivity index (χ0n) is 18.3. The average molecular weight is 478 g/mol. The summed E-state index contributed by atoms with van der Waals surface area (Å²) in [4.78, 5) is 23.2. The summed E-state index contributed by atoms with van der Waals surface area (Å²) < 4.78 is 26.2. The molecule has 3 aromatic rings. The number of fused-ring (bicyclic) bond motifs is 1. The number of anilines is 1. The van der Waals surface area contributed by atoms with Crippen LogP contribution in [0.4, 0.5) is 5.13 Å². The Balaban J connectivity index is 2.05. The molecular weight excluding hydrogens is 450 g/mol. The van der Waals surface area contributed by atoms with E-state index in [0.29, 0.717) is 23.8 Å². The lowest BCUT2D eigenvalue weighted by Crippen LogP contribution is -2.36. The van der Waals surface area contributed by atoms with Crippen LogP contribution in [0.3, 0.4) is 0 Å². The Kier molecular flexibility index (Phi) is 7.41. The number of para-hydroxylation sites is 1. The van der Waals surface area contributed by atoms with Crippen molar-refractivity contribution in [3.8, 4) is 0 Å². The van der Waals surface area contributed by atoms with E-state index in [1.54, 1.807) is 48.7 Å². The number of likely N-dealkylation sites (N-methyl/N-ethyl adjacent to an activating group) is 1. The molecule has 1 heterocycles. The molecule has 3 rings (SSSR count). The van der Waals surface area contributed by atoms with Crippen LogP contribution in [-0.4, -0.2) is 62.9 Å². The smallest absolute Gasteiger partial charge is 0.260 e. The molecule has 31 heavy (non-hydrogen) atoms. The normalized spacial score (nSPS) is 12.1. The van der Waals surface area contributed by atoms with Gasteiger partial charge in [0.2, 0.25) is 0 Å². The molecule has 0 unspecified atom stereocenters. The third kappa shape index (κ3) is 5.11. The molecule has 166 valence electrons. The van der Waals surface area contributed by atoms with E-state index in [1.807, 2.05) is 43.5 Å². The van der Waals surface area contributed by atoms with Crippen LogP contribution in [0.1, 0.15) is 24.2 Å². The SMILES string of the molecule is CSc1cccc2sc(N(CCN(C)C)C(=O)c3cccc(S(=O)(=O)C(C)C)c3)nc12. The van der Waals surface area contributed by atoms with Gasteiger partial charge in [0.1, 0.15) is 0 Å². The van der Waals surface area contributed by atoms with Gasteiger partial charge in [0, 0.05) is 23.5 Å². The van der Waals surface area contributed by atoms with Crippen LogP contribution in [0.25, 0.3) is 10.2 Å². The van der Waals surface area contributed by atoms with Crippen LogP contribution >= 0.6 is 23.1 Å². The van der Waals surface area contributed by atoms with E-state index in [9.17, 15) is 13.2 Å². The van der Waals surface area contributed by atoms with E-state index in [-0.39, 0.29) is 10.8 Å². The highest BCUT2D eigenvalue weighted by atomic mass is 32.2. The second kappa shape index (κ2) is 9.68. The first kappa shape index (κ1) is 23.7. The van der Waals surface area contributed by atoms with Crippen LogP contribution in [0.2, 0.25) is 0 Å². The first-order valence-corrected chi connectivity index (χ1v) is 13.5. The molecule has 0 N–H and O–H groups in total. The number of benzene rings is 2. The number of nitrogens with zero attached hydrogens (tertiary/aromatic N) is 3. The van der Waals surface area contributed by atoms with Crippen molar-refractivity contribution in [2.75, 3.05) is 38.3 Å². The molecule has 0 fully saturated rings. The summed E-state index contributed by atoms with van der Waals surface area (Å²) in [5.74, 6) is -0.257. The summed E-state index contributed by atoms with van der Waals surface area (Å²) in [5, 5.41) is 0.0531. The Hall–Kier alpha value is -1.94. The van der Waals surface area contributed by atoms with Crippen molar-refractivity contribution in [2.24, 2.45) is 0 Å². The van der Waals surface area contributed by atoms with Crippen molar-refractivity contribution in [1.82, 2.24) is 9.88 Å². The highest BCUT2D eigenvalue weighted by Crippen LogP contribution is 2.34. The van der Waals surface area contributed by atoms with E-state index < -0.39 is 15.1 Å². The molecule has 0 bridgehead atoms. The number of hydrogen-bond acceptors (Lipinski definition) is 7. The average Bonchev–Trinajstić information content (AvgIpc) is 3.17. The summed E-state index contributed by atoms with van der Waals surface area (Å²) in [6.07, 6.45) is 2.00. The van der Waals surface area contributed by atoms with Crippen LogP contribution in [0.5, 0.6) is 0 Å². The first-order chi connectivity index (χ1) is 14.6. The number of amides is 1. The highest BCUT2D eigenvalue weighted by molar-refractivity contribution is 7.98. The maximum Gasteiger partial charge on any atom is 0.260 e. The predicted molar refractivity (Wildman–Crippen MR) is 130 cm³/mol. The molecule has 0 saturated carbocycles. The van der Waals surface area contributed by atoms with Crippen LogP contribution in [0, 0.1) is 0 Å². The van der Waals surface area contributed by atoms with Crippen molar-refractivity contribution in [1.29, 1.82) is 0 Å². The van der Waals surface area contributed by atoms with Crippen molar-refractivity contribution in [2.45, 2.75) is 28.9 Å². The zero-order chi connectivity index (χ0) is 22.8. The molecular formula is C22H27N3O3S3. The molecule has 1 amide bonds. The van der Waals surface area contributed by atoms with Gasteiger partial charge < -0.3 is 4.90 Å². The molecule has 0 aliphatic heterocycles. The van der Waals surface area contributed by atoms with Gasteiger partial charge in [-0.1, -0.05) is 23.5 Å². The largest absolute Gasteiger partial charge is 0.308 e. The summed E-state index contributed by atoms with van der Waals surface area (Å²) in [5.41, 5.74) is 1.22. The minimum Gasteiger partial charge on any atom is -0.308 e. The quantitative estimate of drug-likeness (QED) is 0.448. The number of sulfone groups is 1. The van der Waals surface area contributed by atoms with Crippen molar-refractivity contribution in [3.05, 3.63) is 48.0 Å². The number of thioether (sulfide) groups is 1. The van der Waals surface area contributed by atoms with Gasteiger partial charge in [-0.25, -0.2) is 13.4 Å². The van der Waals surface area contributed by atoms with Gasteiger partial charge in [-0.15, -0.1) is 11.8 Å². The summed E-state index contributed by atoms with van der Waals surface area (Å²) in [6, 6.07) is 12.3. The third-order valence-corrected chi connectivity index (χ3v) is 8.83. The number of rotatable bonds is 8. The topological polar surface area (TPSA) is 70.6 Å². The monoisotopic (exact) mass is 477 g/mol. The summed E-state index contributed by atoms with van der Waals surface area (Å²) in [6.45, 7) is 4.37. The molecule has 1 aromatic heterocycles. The molecule has 0 atom stereocenters. The zero-order valence-corrected chi connectivity index (χ0v) is 20.8. The Morgan fingerprint density at radius 3 is 2.48 bits per heavy atom. The minimum atomic E-state index is -3.47. The Morgan fingerprint density at radius 1 is 1.13 bits per heavy atom. The fraction of sp³-hybridized carbons (Fsp3) is 0.364. The van der Waals surface area contributed by atoms with E-state index in [1.165, 1.54) is 17.4 Å². The van der Waals surface area contributed by atoms with Crippen molar-refractivity contribution >= 4 is 54.2 Å². The van der Waals surface area contributed by atoms with Gasteiger partial charge >= 0.3 is 0 Å². The van der Waals surface area contributed by atoms with Crippen molar-refractivity contribution < 1.29 is 13.2 Å². The molecule has 0 saturated heterocycles. The standard InChI is InChI=1S/C22H27N3O3S3/c1-15(2)31(27,28)17-9-6-8-16(14-17)21(26)25(13-12-24(3)4)22-23-20-18(29-5)10-7-11-19(20)30-22/h6-11,14-15H,12-13H2,1-5H3. The molecule has 2 aromatic carbocycles. The Labute approximate surface area is 192 Å². The van der Waals surface area contributed by atoms with Gasteiger partial charge in [-0.05, 0) is 64.5 Å². The third-order valence-electron chi connectivity index (χ3n) is 4.87. The van der Waals surface area contributed by atoms with E-state index >= 15 is 0 Å². The number of thiazole rings is 1. The lowest BCUT2D eigenvalue weighted by Gasteiger charge is -2.22. The fourth-order valence-corrected chi connectivity index (χ4v) is 5.76. The number of hydrogen-bond donors (Lipinski definition) is 0. The van der Waals surface area contributed by atoms with E-state index in [0.717, 1.165) is 15.1 Å². The van der Waals surface area contributed by atoms with Gasteiger partial charge in [-0.2, -0.15) is 0 Å². The van der Waals surface area contributed by atoms with Gasteiger partial charge in [0.15, 0.2) is 15.0 Å². The lowest BCUT2D eigenvalue weighted by atomic mass is 10.2.